The maximum Gasteiger partial charge on any atom is 0.255 e. The van der Waals surface area contributed by atoms with Crippen molar-refractivity contribution < 1.29 is 14.3 Å². The second kappa shape index (κ2) is 8.51. The van der Waals surface area contributed by atoms with Crippen molar-refractivity contribution in [2.24, 2.45) is 11.3 Å². The van der Waals surface area contributed by atoms with Crippen molar-refractivity contribution in [3.8, 4) is 0 Å². The molecule has 3 heterocycles. The van der Waals surface area contributed by atoms with Crippen LogP contribution in [0, 0.1) is 18.3 Å². The molecule has 4 aliphatic rings. The molecule has 0 unspecified atom stereocenters. The molecule has 0 spiro atoms. The summed E-state index contributed by atoms with van der Waals surface area (Å²) in [5.41, 5.74) is 1.14. The molecule has 4 fully saturated rings. The number of hydrogen-bond donors (Lipinski definition) is 1. The number of carbonyl (C=O) groups excluding carboxylic acids is 2. The van der Waals surface area contributed by atoms with E-state index in [-0.39, 0.29) is 11.8 Å². The molecule has 1 aromatic rings. The van der Waals surface area contributed by atoms with Crippen LogP contribution in [0.15, 0.2) is 18.5 Å². The number of nitrogens with one attached hydrogen (secondary N) is 1. The van der Waals surface area contributed by atoms with Gasteiger partial charge in [0.05, 0.1) is 24.2 Å². The second-order valence-corrected chi connectivity index (χ2v) is 9.94. The fourth-order valence-electron chi connectivity index (χ4n) is 5.86. The molecule has 2 saturated heterocycles. The van der Waals surface area contributed by atoms with E-state index < -0.39 is 5.41 Å². The Hall–Kier alpha value is -1.99. The monoisotopic (exact) mass is 426 g/mol. The third-order valence-corrected chi connectivity index (χ3v) is 7.82. The van der Waals surface area contributed by atoms with Crippen LogP contribution in [0.2, 0.25) is 0 Å². The van der Waals surface area contributed by atoms with Gasteiger partial charge in [0.25, 0.3) is 5.91 Å². The van der Waals surface area contributed by atoms with Crippen LogP contribution >= 0.6 is 0 Å². The third kappa shape index (κ3) is 4.22. The van der Waals surface area contributed by atoms with Crippen LogP contribution in [0.1, 0.15) is 54.4 Å². The van der Waals surface area contributed by atoms with Crippen molar-refractivity contribution in [2.45, 2.75) is 57.5 Å². The molecule has 0 aromatic carbocycles. The van der Waals surface area contributed by atoms with E-state index >= 15 is 0 Å². The number of morpholine rings is 1. The molecule has 168 valence electrons. The summed E-state index contributed by atoms with van der Waals surface area (Å²) < 4.78 is 5.54. The minimum absolute atomic E-state index is 0.00329. The zero-order valence-corrected chi connectivity index (χ0v) is 18.5. The number of likely N-dealkylation sites (tertiary alicyclic amines) is 1. The van der Waals surface area contributed by atoms with E-state index in [1.807, 2.05) is 17.9 Å². The lowest BCUT2D eigenvalue weighted by Crippen LogP contribution is -2.61. The quantitative estimate of drug-likeness (QED) is 0.797. The first kappa shape index (κ1) is 20.9. The number of carbonyl (C=O) groups is 2. The minimum Gasteiger partial charge on any atom is -0.379 e. The number of hydrogen-bond acceptors (Lipinski definition) is 5. The number of rotatable bonds is 4. The molecule has 31 heavy (non-hydrogen) atoms. The van der Waals surface area contributed by atoms with Gasteiger partial charge in [-0.2, -0.15) is 0 Å². The molecule has 1 N–H and O–H groups in total. The Balaban J connectivity index is 1.36. The molecule has 7 nitrogen and oxygen atoms in total. The maximum absolute atomic E-state index is 13.6. The summed E-state index contributed by atoms with van der Waals surface area (Å²) in [6, 6.07) is 2.76. The Labute approximate surface area is 184 Å². The number of fused-ring (bicyclic) bond motifs is 1. The van der Waals surface area contributed by atoms with E-state index in [1.54, 1.807) is 12.4 Å². The van der Waals surface area contributed by atoms with Gasteiger partial charge >= 0.3 is 0 Å². The number of piperidine rings is 1. The summed E-state index contributed by atoms with van der Waals surface area (Å²) in [6.07, 6.45) is 9.39. The van der Waals surface area contributed by atoms with Crippen molar-refractivity contribution >= 4 is 11.8 Å². The Morgan fingerprint density at radius 2 is 1.94 bits per heavy atom. The molecule has 1 aromatic heterocycles. The third-order valence-electron chi connectivity index (χ3n) is 7.82. The number of aryl methyl sites for hydroxylation is 1. The SMILES string of the molecule is Cc1cncc(C(=O)N2CC[C@@H]3C[C@H](N4CCOCC4)CC[C@@]3(C(=O)NC3CC3)C2)c1. The van der Waals surface area contributed by atoms with Gasteiger partial charge in [-0.25, -0.2) is 0 Å². The van der Waals surface area contributed by atoms with Gasteiger partial charge in [-0.3, -0.25) is 19.5 Å². The van der Waals surface area contributed by atoms with Crippen molar-refractivity contribution in [3.63, 3.8) is 0 Å². The summed E-state index contributed by atoms with van der Waals surface area (Å²) in [5.74, 6) is 0.511. The lowest BCUT2D eigenvalue weighted by atomic mass is 9.60. The van der Waals surface area contributed by atoms with E-state index in [9.17, 15) is 9.59 Å². The molecule has 2 amide bonds. The first-order chi connectivity index (χ1) is 15.0. The van der Waals surface area contributed by atoms with Crippen LogP contribution in [0.5, 0.6) is 0 Å². The summed E-state index contributed by atoms with van der Waals surface area (Å²) in [6.45, 7) is 6.79. The Kier molecular flexibility index (Phi) is 5.73. The first-order valence-electron chi connectivity index (χ1n) is 11.9. The maximum atomic E-state index is 13.6. The largest absolute Gasteiger partial charge is 0.379 e. The lowest BCUT2D eigenvalue weighted by molar-refractivity contribution is -0.143. The van der Waals surface area contributed by atoms with E-state index in [2.05, 4.69) is 15.2 Å². The number of amides is 2. The summed E-state index contributed by atoms with van der Waals surface area (Å²) in [5, 5.41) is 3.29. The van der Waals surface area contributed by atoms with Crippen LogP contribution < -0.4 is 5.32 Å². The number of aromatic nitrogens is 1. The average Bonchev–Trinajstić information content (AvgIpc) is 3.62. The molecule has 5 rings (SSSR count). The molecule has 0 radical (unpaired) electrons. The van der Waals surface area contributed by atoms with Crippen LogP contribution in [-0.2, 0) is 9.53 Å². The van der Waals surface area contributed by atoms with Crippen molar-refractivity contribution in [1.82, 2.24) is 20.1 Å². The van der Waals surface area contributed by atoms with Crippen LogP contribution in [0.25, 0.3) is 0 Å². The highest BCUT2D eigenvalue weighted by molar-refractivity contribution is 5.95. The Morgan fingerprint density at radius 3 is 2.68 bits per heavy atom. The van der Waals surface area contributed by atoms with Gasteiger partial charge in [0, 0.05) is 50.7 Å². The van der Waals surface area contributed by atoms with E-state index in [4.69, 9.17) is 4.74 Å². The fourth-order valence-corrected chi connectivity index (χ4v) is 5.86. The summed E-state index contributed by atoms with van der Waals surface area (Å²) in [7, 11) is 0. The number of nitrogens with zero attached hydrogens (tertiary/aromatic N) is 3. The van der Waals surface area contributed by atoms with E-state index in [1.165, 1.54) is 0 Å². The van der Waals surface area contributed by atoms with Gasteiger partial charge in [-0.1, -0.05) is 0 Å². The summed E-state index contributed by atoms with van der Waals surface area (Å²) >= 11 is 0. The molecule has 2 aliphatic heterocycles. The van der Waals surface area contributed by atoms with Gasteiger partial charge in [-0.15, -0.1) is 0 Å². The smallest absolute Gasteiger partial charge is 0.255 e. The van der Waals surface area contributed by atoms with Gasteiger partial charge in [0.1, 0.15) is 0 Å². The van der Waals surface area contributed by atoms with Gasteiger partial charge in [0.2, 0.25) is 5.91 Å². The predicted molar refractivity (Wildman–Crippen MR) is 117 cm³/mol. The van der Waals surface area contributed by atoms with Gasteiger partial charge < -0.3 is 15.0 Å². The zero-order chi connectivity index (χ0) is 21.4. The van der Waals surface area contributed by atoms with Gasteiger partial charge in [0.15, 0.2) is 0 Å². The molecular formula is C24H34N4O3. The van der Waals surface area contributed by atoms with Gasteiger partial charge in [-0.05, 0) is 63.0 Å². The highest BCUT2D eigenvalue weighted by atomic mass is 16.5. The van der Waals surface area contributed by atoms with E-state index in [0.717, 1.165) is 70.4 Å². The molecular weight excluding hydrogens is 392 g/mol. The molecule has 0 bridgehead atoms. The van der Waals surface area contributed by atoms with Crippen molar-refractivity contribution in [1.29, 1.82) is 0 Å². The Morgan fingerprint density at radius 1 is 1.13 bits per heavy atom. The number of pyridine rings is 1. The first-order valence-corrected chi connectivity index (χ1v) is 11.9. The molecule has 2 saturated carbocycles. The van der Waals surface area contributed by atoms with Crippen LogP contribution in [-0.4, -0.2) is 78.1 Å². The van der Waals surface area contributed by atoms with E-state index in [0.29, 0.717) is 36.7 Å². The van der Waals surface area contributed by atoms with Crippen LogP contribution in [0.3, 0.4) is 0 Å². The minimum atomic E-state index is -0.462. The normalized spacial score (nSPS) is 31.7. The molecule has 2 aliphatic carbocycles. The summed E-state index contributed by atoms with van der Waals surface area (Å²) in [4.78, 5) is 35.5. The van der Waals surface area contributed by atoms with Crippen LogP contribution in [0.4, 0.5) is 0 Å². The number of ether oxygens (including phenoxy) is 1. The predicted octanol–water partition coefficient (Wildman–Crippen LogP) is 2.00. The highest BCUT2D eigenvalue weighted by Gasteiger charge is 2.54. The topological polar surface area (TPSA) is 74.8 Å². The van der Waals surface area contributed by atoms with Crippen molar-refractivity contribution in [2.75, 3.05) is 39.4 Å². The van der Waals surface area contributed by atoms with Crippen molar-refractivity contribution in [3.05, 3.63) is 29.6 Å². The Bertz CT molecular complexity index is 836. The fraction of sp³-hybridized carbons (Fsp3) is 0.708. The highest BCUT2D eigenvalue weighted by Crippen LogP contribution is 2.48. The lowest BCUT2D eigenvalue weighted by Gasteiger charge is -2.53. The standard InChI is InChI=1S/C24H34N4O3/c1-17-12-18(15-25-14-17)22(29)28-7-5-19-13-21(27-8-10-31-11-9-27)4-6-24(19,16-28)23(30)26-20-2-3-20/h12,14-15,19-21H,2-11,13,16H2,1H3,(H,26,30)/t19-,21-,24-/m1/s1. The molecule has 7 heteroatoms. The second-order valence-electron chi connectivity index (χ2n) is 9.94. The molecule has 3 atom stereocenters. The average molecular weight is 427 g/mol. The zero-order valence-electron chi connectivity index (χ0n) is 18.5.